The van der Waals surface area contributed by atoms with Gasteiger partial charge < -0.3 is 15.0 Å². The summed E-state index contributed by atoms with van der Waals surface area (Å²) in [6.45, 7) is 4.02. The van der Waals surface area contributed by atoms with Gasteiger partial charge in [0.05, 0.1) is 6.33 Å². The Morgan fingerprint density at radius 3 is 2.57 bits per heavy atom. The molecule has 21 heavy (non-hydrogen) atoms. The minimum absolute atomic E-state index is 0.0284. The highest BCUT2D eigenvalue weighted by molar-refractivity contribution is 5.82. The highest BCUT2D eigenvalue weighted by Crippen LogP contribution is 2.19. The van der Waals surface area contributed by atoms with Gasteiger partial charge in [0.15, 0.2) is 6.10 Å². The maximum absolute atomic E-state index is 12.4. The van der Waals surface area contributed by atoms with Crippen molar-refractivity contribution >= 4 is 5.91 Å². The third-order valence-corrected chi connectivity index (χ3v) is 3.71. The van der Waals surface area contributed by atoms with Crippen LogP contribution in [-0.4, -0.2) is 29.0 Å². The van der Waals surface area contributed by atoms with Crippen LogP contribution in [0.2, 0.25) is 0 Å². The van der Waals surface area contributed by atoms with Crippen molar-refractivity contribution in [3.8, 4) is 0 Å². The van der Waals surface area contributed by atoms with E-state index in [1.165, 1.54) is 0 Å². The van der Waals surface area contributed by atoms with Gasteiger partial charge >= 0.3 is 0 Å². The summed E-state index contributed by atoms with van der Waals surface area (Å²) in [7, 11) is 1.54. The van der Waals surface area contributed by atoms with Crippen LogP contribution in [-0.2, 0) is 9.53 Å². The van der Waals surface area contributed by atoms with Gasteiger partial charge in [-0.3, -0.25) is 4.79 Å². The van der Waals surface area contributed by atoms with Gasteiger partial charge in [0.2, 0.25) is 0 Å². The van der Waals surface area contributed by atoms with Crippen molar-refractivity contribution in [1.82, 2.24) is 15.3 Å². The molecule has 0 saturated heterocycles. The summed E-state index contributed by atoms with van der Waals surface area (Å²) in [5, 5.41) is 3.01. The lowest BCUT2D eigenvalue weighted by Crippen LogP contribution is -2.39. The van der Waals surface area contributed by atoms with E-state index in [0.717, 1.165) is 11.3 Å². The molecule has 2 N–H and O–H groups in total. The zero-order valence-electron chi connectivity index (χ0n) is 12.5. The maximum atomic E-state index is 12.4. The highest BCUT2D eigenvalue weighted by Gasteiger charge is 2.24. The van der Waals surface area contributed by atoms with E-state index in [1.807, 2.05) is 44.2 Å². The van der Waals surface area contributed by atoms with E-state index in [0.29, 0.717) is 0 Å². The third-order valence-electron chi connectivity index (χ3n) is 3.71. The fourth-order valence-corrected chi connectivity index (χ4v) is 2.23. The predicted molar refractivity (Wildman–Crippen MR) is 80.8 cm³/mol. The van der Waals surface area contributed by atoms with E-state index in [9.17, 15) is 4.79 Å². The predicted octanol–water partition coefficient (Wildman–Crippen LogP) is 2.41. The summed E-state index contributed by atoms with van der Waals surface area (Å²) < 4.78 is 5.34. The van der Waals surface area contributed by atoms with Crippen LogP contribution in [0.25, 0.3) is 0 Å². The molecule has 0 aliphatic heterocycles. The number of carbonyl (C=O) groups is 1. The standard InChI is InChI=1S/C16H21N3O2/c1-11(14-9-17-10-18-14)12(2)19-16(20)15(21-3)13-7-5-4-6-8-13/h4-12,15H,1-3H3,(H,17,18)(H,19,20)/t11-,12+,15+/m0/s1. The fraction of sp³-hybridized carbons (Fsp3) is 0.375. The number of amides is 1. The Balaban J connectivity index is 2.02. The fourth-order valence-electron chi connectivity index (χ4n) is 2.23. The average Bonchev–Trinajstić information content (AvgIpc) is 3.02. The second-order valence-electron chi connectivity index (χ2n) is 5.12. The number of carbonyl (C=O) groups excluding carboxylic acids is 1. The SMILES string of the molecule is CO[C@@H](C(=O)N[C@H](C)[C@H](C)c1cnc[nH]1)c1ccccc1. The van der Waals surface area contributed by atoms with Crippen molar-refractivity contribution in [2.24, 2.45) is 0 Å². The monoisotopic (exact) mass is 287 g/mol. The minimum atomic E-state index is -0.595. The van der Waals surface area contributed by atoms with Crippen LogP contribution in [0, 0.1) is 0 Å². The van der Waals surface area contributed by atoms with Gasteiger partial charge in [0.1, 0.15) is 0 Å². The number of imidazole rings is 1. The molecule has 0 bridgehead atoms. The molecule has 5 heteroatoms. The van der Waals surface area contributed by atoms with Gasteiger partial charge in [-0.1, -0.05) is 37.3 Å². The Kier molecular flexibility index (Phi) is 5.11. The second kappa shape index (κ2) is 7.04. The van der Waals surface area contributed by atoms with Crippen molar-refractivity contribution in [1.29, 1.82) is 0 Å². The first-order valence-corrected chi connectivity index (χ1v) is 7.00. The van der Waals surface area contributed by atoms with Gasteiger partial charge in [-0.15, -0.1) is 0 Å². The van der Waals surface area contributed by atoms with Crippen LogP contribution in [0.1, 0.15) is 37.1 Å². The molecule has 2 rings (SSSR count). The van der Waals surface area contributed by atoms with Crippen LogP contribution in [0.3, 0.4) is 0 Å². The number of nitrogens with zero attached hydrogens (tertiary/aromatic N) is 1. The smallest absolute Gasteiger partial charge is 0.253 e. The number of aromatic nitrogens is 2. The van der Waals surface area contributed by atoms with E-state index < -0.39 is 6.10 Å². The van der Waals surface area contributed by atoms with Gasteiger partial charge in [-0.05, 0) is 12.5 Å². The van der Waals surface area contributed by atoms with Gasteiger partial charge in [-0.2, -0.15) is 0 Å². The number of hydrogen-bond acceptors (Lipinski definition) is 3. The van der Waals surface area contributed by atoms with E-state index in [2.05, 4.69) is 15.3 Å². The Morgan fingerprint density at radius 1 is 1.29 bits per heavy atom. The molecular weight excluding hydrogens is 266 g/mol. The molecule has 5 nitrogen and oxygen atoms in total. The van der Waals surface area contributed by atoms with E-state index >= 15 is 0 Å². The summed E-state index contributed by atoms with van der Waals surface area (Å²) in [4.78, 5) is 19.5. The van der Waals surface area contributed by atoms with Gasteiger partial charge in [-0.25, -0.2) is 4.98 Å². The summed E-state index contributed by atoms with van der Waals surface area (Å²) in [6.07, 6.45) is 2.82. The first kappa shape index (κ1) is 15.3. The van der Waals surface area contributed by atoms with Crippen LogP contribution < -0.4 is 5.32 Å². The lowest BCUT2D eigenvalue weighted by Gasteiger charge is -2.23. The van der Waals surface area contributed by atoms with Crippen LogP contribution in [0.5, 0.6) is 0 Å². The van der Waals surface area contributed by atoms with Gasteiger partial charge in [0, 0.05) is 31.0 Å². The molecule has 0 spiro atoms. The number of hydrogen-bond donors (Lipinski definition) is 2. The Labute approximate surface area is 124 Å². The Hall–Kier alpha value is -2.14. The Bertz CT molecular complexity index is 554. The molecule has 3 atom stereocenters. The third kappa shape index (κ3) is 3.70. The quantitative estimate of drug-likeness (QED) is 0.857. The lowest BCUT2D eigenvalue weighted by molar-refractivity contribution is -0.132. The largest absolute Gasteiger partial charge is 0.367 e. The summed E-state index contributed by atoms with van der Waals surface area (Å²) in [5.41, 5.74) is 1.84. The first-order chi connectivity index (χ1) is 10.1. The van der Waals surface area contributed by atoms with E-state index in [4.69, 9.17) is 4.74 Å². The van der Waals surface area contributed by atoms with Gasteiger partial charge in [0.25, 0.3) is 5.91 Å². The number of benzene rings is 1. The number of aromatic amines is 1. The molecule has 1 amide bonds. The van der Waals surface area contributed by atoms with E-state index in [-0.39, 0.29) is 17.9 Å². The van der Waals surface area contributed by atoms with Crippen molar-refractivity contribution < 1.29 is 9.53 Å². The van der Waals surface area contributed by atoms with Crippen molar-refractivity contribution in [2.75, 3.05) is 7.11 Å². The number of rotatable bonds is 6. The summed E-state index contributed by atoms with van der Waals surface area (Å²) >= 11 is 0. The average molecular weight is 287 g/mol. The molecule has 0 saturated carbocycles. The zero-order valence-corrected chi connectivity index (χ0v) is 12.5. The molecule has 1 aromatic heterocycles. The summed E-state index contributed by atoms with van der Waals surface area (Å²) in [5.74, 6) is 0.00675. The molecular formula is C16H21N3O2. The molecule has 1 heterocycles. The normalized spacial score (nSPS) is 15.2. The molecule has 2 aromatic rings. The molecule has 112 valence electrons. The number of methoxy groups -OCH3 is 1. The first-order valence-electron chi connectivity index (χ1n) is 7.00. The molecule has 0 fully saturated rings. The second-order valence-corrected chi connectivity index (χ2v) is 5.12. The van der Waals surface area contributed by atoms with Crippen molar-refractivity contribution in [3.63, 3.8) is 0 Å². The highest BCUT2D eigenvalue weighted by atomic mass is 16.5. The molecule has 0 aliphatic carbocycles. The van der Waals surface area contributed by atoms with Crippen LogP contribution >= 0.6 is 0 Å². The molecule has 1 aromatic carbocycles. The number of H-pyrrole nitrogens is 1. The zero-order chi connectivity index (χ0) is 15.2. The lowest BCUT2D eigenvalue weighted by atomic mass is 9.99. The topological polar surface area (TPSA) is 67.0 Å². The molecule has 0 unspecified atom stereocenters. The minimum Gasteiger partial charge on any atom is -0.367 e. The summed E-state index contributed by atoms with van der Waals surface area (Å²) in [6, 6.07) is 9.44. The van der Waals surface area contributed by atoms with Crippen molar-refractivity contribution in [3.05, 3.63) is 54.1 Å². The van der Waals surface area contributed by atoms with E-state index in [1.54, 1.807) is 19.6 Å². The number of nitrogens with one attached hydrogen (secondary N) is 2. The van der Waals surface area contributed by atoms with Crippen molar-refractivity contribution in [2.45, 2.75) is 31.9 Å². The maximum Gasteiger partial charge on any atom is 0.253 e. The molecule has 0 radical (unpaired) electrons. The number of ether oxygens (including phenoxy) is 1. The van der Waals surface area contributed by atoms with Crippen LogP contribution in [0.15, 0.2) is 42.9 Å². The Morgan fingerprint density at radius 2 is 2.00 bits per heavy atom. The van der Waals surface area contributed by atoms with Crippen LogP contribution in [0.4, 0.5) is 0 Å². The molecule has 0 aliphatic rings.